The third kappa shape index (κ3) is 7.26. The van der Waals surface area contributed by atoms with Gasteiger partial charge in [0, 0.05) is 6.61 Å². The molecule has 2 atom stereocenters. The van der Waals surface area contributed by atoms with Crippen LogP contribution in [0.1, 0.15) is 39.0 Å². The number of aliphatic hydroxyl groups is 3. The Bertz CT molecular complexity index is 119. The van der Waals surface area contributed by atoms with E-state index in [-0.39, 0.29) is 0 Å². The number of aliphatic hydroxyl groups excluding tert-OH is 3. The summed E-state index contributed by atoms with van der Waals surface area (Å²) in [6, 6.07) is 0. The fourth-order valence-electron chi connectivity index (χ4n) is 1.11. The van der Waals surface area contributed by atoms with E-state index in [1.807, 2.05) is 0 Å². The van der Waals surface area contributed by atoms with E-state index in [2.05, 4.69) is 6.92 Å². The highest BCUT2D eigenvalue weighted by molar-refractivity contribution is 4.55. The van der Waals surface area contributed by atoms with Crippen molar-refractivity contribution in [1.29, 1.82) is 0 Å². The lowest BCUT2D eigenvalue weighted by atomic mass is 10.2. The molecule has 0 aromatic heterocycles. The first-order valence-electron chi connectivity index (χ1n) is 5.31. The van der Waals surface area contributed by atoms with Crippen molar-refractivity contribution in [2.45, 2.75) is 51.4 Å². The van der Waals surface area contributed by atoms with E-state index in [0.29, 0.717) is 6.61 Å². The number of rotatable bonds is 9. The van der Waals surface area contributed by atoms with E-state index in [9.17, 15) is 0 Å². The lowest BCUT2D eigenvalue weighted by Crippen LogP contribution is -2.31. The van der Waals surface area contributed by atoms with Crippen molar-refractivity contribution in [3.8, 4) is 0 Å². The van der Waals surface area contributed by atoms with Crippen LogP contribution >= 0.6 is 0 Å². The van der Waals surface area contributed by atoms with Crippen molar-refractivity contribution < 1.29 is 20.1 Å². The molecule has 2 unspecified atom stereocenters. The summed E-state index contributed by atoms with van der Waals surface area (Å²) in [6.07, 6.45) is 3.12. The largest absolute Gasteiger partial charge is 0.393 e. The van der Waals surface area contributed by atoms with Crippen molar-refractivity contribution >= 4 is 0 Å². The van der Waals surface area contributed by atoms with Crippen LogP contribution in [0, 0.1) is 0 Å². The molecule has 0 saturated carbocycles. The smallest absolute Gasteiger partial charge is 0.183 e. The van der Waals surface area contributed by atoms with E-state index < -0.39 is 19.0 Å². The summed E-state index contributed by atoms with van der Waals surface area (Å²) in [6.45, 7) is 2.11. The molecule has 0 fully saturated rings. The molecule has 0 aliphatic rings. The van der Waals surface area contributed by atoms with Gasteiger partial charge in [-0.1, -0.05) is 32.6 Å². The van der Waals surface area contributed by atoms with Crippen molar-refractivity contribution in [1.82, 2.24) is 0 Å². The zero-order chi connectivity index (χ0) is 10.8. The summed E-state index contributed by atoms with van der Waals surface area (Å²) in [5, 5.41) is 26.5. The molecule has 0 rings (SSSR count). The van der Waals surface area contributed by atoms with Gasteiger partial charge in [-0.05, 0) is 6.42 Å². The second-order valence-electron chi connectivity index (χ2n) is 3.43. The standard InChI is InChI=1S/C10H22O4/c1-2-3-4-5-6-7-14-10(13)9(12)8-11/h9-13H,2-8H2,1H3. The molecule has 4 heteroatoms. The van der Waals surface area contributed by atoms with Gasteiger partial charge in [-0.3, -0.25) is 0 Å². The SMILES string of the molecule is CCCCCCCOC(O)C(O)CO. The van der Waals surface area contributed by atoms with Gasteiger partial charge in [-0.2, -0.15) is 0 Å². The minimum atomic E-state index is -1.26. The van der Waals surface area contributed by atoms with Crippen LogP contribution < -0.4 is 0 Å². The molecule has 86 valence electrons. The Hall–Kier alpha value is -0.160. The van der Waals surface area contributed by atoms with Gasteiger partial charge >= 0.3 is 0 Å². The molecule has 0 aromatic carbocycles. The molecule has 0 spiro atoms. The normalized spacial score (nSPS) is 15.4. The average molecular weight is 206 g/mol. The molecule has 0 heterocycles. The molecule has 0 amide bonds. The van der Waals surface area contributed by atoms with Gasteiger partial charge in [0.15, 0.2) is 6.29 Å². The number of unbranched alkanes of at least 4 members (excludes halogenated alkanes) is 4. The summed E-state index contributed by atoms with van der Waals surface area (Å²) in [5.41, 5.74) is 0. The Morgan fingerprint density at radius 1 is 1.07 bits per heavy atom. The van der Waals surface area contributed by atoms with Crippen molar-refractivity contribution in [3.63, 3.8) is 0 Å². The highest BCUT2D eigenvalue weighted by Crippen LogP contribution is 2.04. The van der Waals surface area contributed by atoms with Crippen LogP contribution in [0.3, 0.4) is 0 Å². The molecule has 3 N–H and O–H groups in total. The molecule has 0 radical (unpaired) electrons. The van der Waals surface area contributed by atoms with Gasteiger partial charge in [-0.15, -0.1) is 0 Å². The maximum absolute atomic E-state index is 9.09. The first-order valence-corrected chi connectivity index (χ1v) is 5.31. The topological polar surface area (TPSA) is 69.9 Å². The Balaban J connectivity index is 3.18. The molecule has 4 nitrogen and oxygen atoms in total. The van der Waals surface area contributed by atoms with Crippen LogP contribution in [0.15, 0.2) is 0 Å². The van der Waals surface area contributed by atoms with Gasteiger partial charge in [0.1, 0.15) is 6.10 Å². The second kappa shape index (κ2) is 9.40. The highest BCUT2D eigenvalue weighted by Gasteiger charge is 2.14. The fraction of sp³-hybridized carbons (Fsp3) is 1.00. The third-order valence-electron chi connectivity index (χ3n) is 2.05. The summed E-state index contributed by atoms with van der Waals surface area (Å²) < 4.78 is 4.92. The summed E-state index contributed by atoms with van der Waals surface area (Å²) in [7, 11) is 0. The quantitative estimate of drug-likeness (QED) is 0.382. The molecule has 0 aromatic rings. The molecular formula is C10H22O4. The van der Waals surface area contributed by atoms with Gasteiger partial charge < -0.3 is 20.1 Å². The Morgan fingerprint density at radius 3 is 2.29 bits per heavy atom. The predicted molar refractivity (Wildman–Crippen MR) is 53.8 cm³/mol. The van der Waals surface area contributed by atoms with E-state index >= 15 is 0 Å². The van der Waals surface area contributed by atoms with Crippen LogP contribution in [0.25, 0.3) is 0 Å². The third-order valence-corrected chi connectivity index (χ3v) is 2.05. The zero-order valence-electron chi connectivity index (χ0n) is 8.85. The highest BCUT2D eigenvalue weighted by atomic mass is 16.6. The maximum Gasteiger partial charge on any atom is 0.183 e. The number of hydrogen-bond acceptors (Lipinski definition) is 4. The van der Waals surface area contributed by atoms with Gasteiger partial charge in [-0.25, -0.2) is 0 Å². The van der Waals surface area contributed by atoms with Crippen LogP contribution in [0.5, 0.6) is 0 Å². The monoisotopic (exact) mass is 206 g/mol. The van der Waals surface area contributed by atoms with Gasteiger partial charge in [0.2, 0.25) is 0 Å². The van der Waals surface area contributed by atoms with Gasteiger partial charge in [0.25, 0.3) is 0 Å². The summed E-state index contributed by atoms with van der Waals surface area (Å²) in [5.74, 6) is 0. The molecule has 0 bridgehead atoms. The predicted octanol–water partition coefficient (Wildman–Crippen LogP) is 0.645. The minimum absolute atomic E-state index is 0.432. The van der Waals surface area contributed by atoms with Crippen LogP contribution in [-0.4, -0.2) is 40.9 Å². The van der Waals surface area contributed by atoms with Crippen molar-refractivity contribution in [3.05, 3.63) is 0 Å². The molecule has 0 aliphatic carbocycles. The number of hydrogen-bond donors (Lipinski definition) is 3. The van der Waals surface area contributed by atoms with Gasteiger partial charge in [0.05, 0.1) is 6.61 Å². The average Bonchev–Trinajstić information content (AvgIpc) is 2.21. The first-order chi connectivity index (χ1) is 6.72. The summed E-state index contributed by atoms with van der Waals surface area (Å²) >= 11 is 0. The Kier molecular flexibility index (Phi) is 9.29. The first kappa shape index (κ1) is 13.8. The Morgan fingerprint density at radius 2 is 1.71 bits per heavy atom. The van der Waals surface area contributed by atoms with Crippen molar-refractivity contribution in [2.24, 2.45) is 0 Å². The summed E-state index contributed by atoms with van der Waals surface area (Å²) in [4.78, 5) is 0. The van der Waals surface area contributed by atoms with E-state index in [0.717, 1.165) is 12.8 Å². The van der Waals surface area contributed by atoms with E-state index in [4.69, 9.17) is 20.1 Å². The molecular weight excluding hydrogens is 184 g/mol. The lowest BCUT2D eigenvalue weighted by Gasteiger charge is -2.15. The Labute approximate surface area is 85.5 Å². The zero-order valence-corrected chi connectivity index (χ0v) is 8.85. The molecule has 0 aliphatic heterocycles. The van der Waals surface area contributed by atoms with E-state index in [1.165, 1.54) is 19.3 Å². The van der Waals surface area contributed by atoms with Crippen LogP contribution in [-0.2, 0) is 4.74 Å². The maximum atomic E-state index is 9.09. The fourth-order valence-corrected chi connectivity index (χ4v) is 1.11. The second-order valence-corrected chi connectivity index (χ2v) is 3.43. The van der Waals surface area contributed by atoms with Crippen LogP contribution in [0.2, 0.25) is 0 Å². The van der Waals surface area contributed by atoms with Crippen LogP contribution in [0.4, 0.5) is 0 Å². The van der Waals surface area contributed by atoms with E-state index in [1.54, 1.807) is 0 Å². The minimum Gasteiger partial charge on any atom is -0.393 e. The lowest BCUT2D eigenvalue weighted by molar-refractivity contribution is -0.171. The number of ether oxygens (including phenoxy) is 1. The molecule has 14 heavy (non-hydrogen) atoms. The van der Waals surface area contributed by atoms with Crippen molar-refractivity contribution in [2.75, 3.05) is 13.2 Å². The molecule has 0 saturated heterocycles.